The van der Waals surface area contributed by atoms with Crippen LogP contribution in [0.1, 0.15) is 23.7 Å². The molecule has 1 aromatic heterocycles. The molecule has 0 amide bonds. The second-order valence-corrected chi connectivity index (χ2v) is 6.70. The van der Waals surface area contributed by atoms with E-state index in [-0.39, 0.29) is 0 Å². The number of benzene rings is 2. The number of methoxy groups -OCH3 is 1. The van der Waals surface area contributed by atoms with Gasteiger partial charge < -0.3 is 14.1 Å². The molecule has 28 heavy (non-hydrogen) atoms. The lowest BCUT2D eigenvalue weighted by atomic mass is 10.1. The van der Waals surface area contributed by atoms with Crippen LogP contribution in [0.4, 0.5) is 0 Å². The molecule has 4 nitrogen and oxygen atoms in total. The van der Waals surface area contributed by atoms with Gasteiger partial charge in [0.05, 0.1) is 18.5 Å². The molecule has 0 atom stereocenters. The van der Waals surface area contributed by atoms with E-state index in [0.717, 1.165) is 39.7 Å². The largest absolute Gasteiger partial charge is 0.497 e. The van der Waals surface area contributed by atoms with E-state index in [9.17, 15) is 0 Å². The fourth-order valence-electron chi connectivity index (χ4n) is 3.30. The summed E-state index contributed by atoms with van der Waals surface area (Å²) in [7, 11) is 1.68. The minimum absolute atomic E-state index is 0.387. The molecular weight excluding hydrogens is 348 g/mol. The lowest BCUT2D eigenvalue weighted by molar-refractivity contribution is 0.175. The Morgan fingerprint density at radius 2 is 1.89 bits per heavy atom. The topological polar surface area (TPSA) is 35.8 Å². The zero-order valence-corrected chi connectivity index (χ0v) is 16.9. The highest BCUT2D eigenvalue weighted by atomic mass is 16.6. The van der Waals surface area contributed by atoms with Crippen LogP contribution >= 0.6 is 0 Å². The zero-order chi connectivity index (χ0) is 20.1. The molecule has 0 N–H and O–H groups in total. The van der Waals surface area contributed by atoms with Gasteiger partial charge in [-0.05, 0) is 56.7 Å². The predicted octanol–water partition coefficient (Wildman–Crippen LogP) is 5.70. The Bertz CT molecular complexity index is 1020. The van der Waals surface area contributed by atoms with E-state index in [4.69, 9.17) is 9.57 Å². The quantitative estimate of drug-likeness (QED) is 0.230. The Labute approximate surface area is 166 Å². The molecule has 0 saturated carbocycles. The molecule has 0 fully saturated rings. The van der Waals surface area contributed by atoms with Crippen molar-refractivity contribution in [2.75, 3.05) is 13.7 Å². The molecule has 0 unspecified atom stereocenters. The van der Waals surface area contributed by atoms with Crippen molar-refractivity contribution in [3.63, 3.8) is 0 Å². The van der Waals surface area contributed by atoms with Crippen LogP contribution in [0.5, 0.6) is 5.75 Å². The highest BCUT2D eigenvalue weighted by molar-refractivity contribution is 6.01. The van der Waals surface area contributed by atoms with Gasteiger partial charge in [0.2, 0.25) is 0 Å². The van der Waals surface area contributed by atoms with Gasteiger partial charge in [0.1, 0.15) is 12.4 Å². The Morgan fingerprint density at radius 3 is 2.61 bits per heavy atom. The van der Waals surface area contributed by atoms with Crippen molar-refractivity contribution in [2.45, 2.75) is 20.8 Å². The summed E-state index contributed by atoms with van der Waals surface area (Å²) in [6.07, 6.45) is 1.68. The fraction of sp³-hybridized carbons (Fsp3) is 0.208. The summed E-state index contributed by atoms with van der Waals surface area (Å²) in [6.45, 7) is 10.2. The first kappa shape index (κ1) is 19.5. The SMILES string of the molecule is C=CCO/N=C(/C)c1cc(-c2cccc(OC)c2)n(-c2cccc(C)c2)c1C. The normalized spacial score (nSPS) is 11.4. The summed E-state index contributed by atoms with van der Waals surface area (Å²) >= 11 is 0. The minimum atomic E-state index is 0.387. The van der Waals surface area contributed by atoms with Gasteiger partial charge in [-0.25, -0.2) is 0 Å². The molecule has 2 aromatic carbocycles. The molecule has 0 spiro atoms. The van der Waals surface area contributed by atoms with E-state index >= 15 is 0 Å². The average Bonchev–Trinajstić information content (AvgIpc) is 3.05. The first-order chi connectivity index (χ1) is 13.5. The minimum Gasteiger partial charge on any atom is -0.497 e. The van der Waals surface area contributed by atoms with Crippen LogP contribution in [-0.2, 0) is 4.84 Å². The Hall–Kier alpha value is -3.27. The molecule has 0 aliphatic heterocycles. The van der Waals surface area contributed by atoms with E-state index in [0.29, 0.717) is 6.61 Å². The van der Waals surface area contributed by atoms with Crippen molar-refractivity contribution < 1.29 is 9.57 Å². The Kier molecular flexibility index (Phi) is 5.99. The maximum absolute atomic E-state index is 5.43. The van der Waals surface area contributed by atoms with Crippen molar-refractivity contribution in [1.82, 2.24) is 4.57 Å². The molecule has 144 valence electrons. The average molecular weight is 374 g/mol. The molecule has 1 heterocycles. The van der Waals surface area contributed by atoms with Crippen molar-refractivity contribution in [3.05, 3.63) is 84.1 Å². The fourth-order valence-corrected chi connectivity index (χ4v) is 3.30. The highest BCUT2D eigenvalue weighted by Crippen LogP contribution is 2.32. The summed E-state index contributed by atoms with van der Waals surface area (Å²) in [6, 6.07) is 18.7. The van der Waals surface area contributed by atoms with Gasteiger partial charge in [-0.1, -0.05) is 42.1 Å². The van der Waals surface area contributed by atoms with Crippen molar-refractivity contribution in [3.8, 4) is 22.7 Å². The van der Waals surface area contributed by atoms with E-state index < -0.39 is 0 Å². The van der Waals surface area contributed by atoms with Gasteiger partial charge in [0.25, 0.3) is 0 Å². The van der Waals surface area contributed by atoms with Gasteiger partial charge in [-0.2, -0.15) is 0 Å². The lowest BCUT2D eigenvalue weighted by Gasteiger charge is -2.14. The second kappa shape index (κ2) is 8.61. The molecule has 0 bridgehead atoms. The first-order valence-corrected chi connectivity index (χ1v) is 9.26. The van der Waals surface area contributed by atoms with Crippen LogP contribution in [0.15, 0.2) is 72.4 Å². The van der Waals surface area contributed by atoms with Crippen molar-refractivity contribution in [1.29, 1.82) is 0 Å². The van der Waals surface area contributed by atoms with Crippen LogP contribution in [0.3, 0.4) is 0 Å². The standard InChI is InChI=1S/C24H26N2O2/c1-6-13-28-25-18(3)23-16-24(20-10-8-12-22(15-20)27-5)26(19(23)4)21-11-7-9-17(2)14-21/h6-12,14-16H,1,13H2,2-5H3/b25-18-. The van der Waals surface area contributed by atoms with E-state index in [1.807, 2.05) is 25.1 Å². The van der Waals surface area contributed by atoms with Gasteiger partial charge in [0.15, 0.2) is 0 Å². The molecule has 0 saturated heterocycles. The zero-order valence-electron chi connectivity index (χ0n) is 16.9. The van der Waals surface area contributed by atoms with Crippen molar-refractivity contribution >= 4 is 5.71 Å². The van der Waals surface area contributed by atoms with E-state index in [1.165, 1.54) is 5.56 Å². The second-order valence-electron chi connectivity index (χ2n) is 6.70. The number of rotatable bonds is 7. The molecule has 0 aliphatic carbocycles. The number of hydrogen-bond donors (Lipinski definition) is 0. The van der Waals surface area contributed by atoms with E-state index in [1.54, 1.807) is 13.2 Å². The molecule has 0 radical (unpaired) electrons. The monoisotopic (exact) mass is 374 g/mol. The molecule has 4 heteroatoms. The van der Waals surface area contributed by atoms with Gasteiger partial charge in [-0.3, -0.25) is 0 Å². The highest BCUT2D eigenvalue weighted by Gasteiger charge is 2.17. The van der Waals surface area contributed by atoms with E-state index in [2.05, 4.69) is 66.5 Å². The van der Waals surface area contributed by atoms with Crippen LogP contribution in [-0.4, -0.2) is 24.0 Å². The number of nitrogens with zero attached hydrogens (tertiary/aromatic N) is 2. The van der Waals surface area contributed by atoms with Crippen LogP contribution in [0.2, 0.25) is 0 Å². The number of oxime groups is 1. The third-order valence-electron chi connectivity index (χ3n) is 4.66. The van der Waals surface area contributed by atoms with Gasteiger partial charge in [0, 0.05) is 22.5 Å². The maximum Gasteiger partial charge on any atom is 0.135 e. The van der Waals surface area contributed by atoms with Gasteiger partial charge in [-0.15, -0.1) is 0 Å². The number of aromatic nitrogens is 1. The predicted molar refractivity (Wildman–Crippen MR) is 116 cm³/mol. The van der Waals surface area contributed by atoms with Crippen LogP contribution in [0, 0.1) is 13.8 Å². The Morgan fingerprint density at radius 1 is 1.11 bits per heavy atom. The summed E-state index contributed by atoms with van der Waals surface area (Å²) in [4.78, 5) is 5.31. The Balaban J connectivity index is 2.20. The summed E-state index contributed by atoms with van der Waals surface area (Å²) in [5, 5.41) is 4.25. The lowest BCUT2D eigenvalue weighted by Crippen LogP contribution is -2.03. The van der Waals surface area contributed by atoms with Gasteiger partial charge >= 0.3 is 0 Å². The summed E-state index contributed by atoms with van der Waals surface area (Å²) < 4.78 is 7.68. The number of aryl methyl sites for hydroxylation is 1. The summed E-state index contributed by atoms with van der Waals surface area (Å²) in [5.74, 6) is 0.827. The maximum atomic E-state index is 5.43. The number of hydrogen-bond acceptors (Lipinski definition) is 3. The number of ether oxygens (including phenoxy) is 1. The smallest absolute Gasteiger partial charge is 0.135 e. The van der Waals surface area contributed by atoms with Crippen LogP contribution in [0.25, 0.3) is 16.9 Å². The molecule has 0 aliphatic rings. The molecule has 3 rings (SSSR count). The first-order valence-electron chi connectivity index (χ1n) is 9.26. The summed E-state index contributed by atoms with van der Waals surface area (Å²) in [5.41, 5.74) is 7.46. The third-order valence-corrected chi connectivity index (χ3v) is 4.66. The van der Waals surface area contributed by atoms with Crippen LogP contribution < -0.4 is 4.74 Å². The molecule has 3 aromatic rings. The third kappa shape index (κ3) is 4.01. The molecular formula is C24H26N2O2. The van der Waals surface area contributed by atoms with Crippen molar-refractivity contribution in [2.24, 2.45) is 5.16 Å².